The lowest BCUT2D eigenvalue weighted by molar-refractivity contribution is 0.326. The summed E-state index contributed by atoms with van der Waals surface area (Å²) in [7, 11) is 0. The maximum atomic E-state index is 8.78. The van der Waals surface area contributed by atoms with Gasteiger partial charge >= 0.3 is 0 Å². The smallest absolute Gasteiger partial charge is 0.173 e. The summed E-state index contributed by atoms with van der Waals surface area (Å²) >= 11 is 0. The fourth-order valence-electron chi connectivity index (χ4n) is 2.22. The van der Waals surface area contributed by atoms with Crippen LogP contribution in [0.4, 0.5) is 5.69 Å². The van der Waals surface area contributed by atoms with Gasteiger partial charge in [0.15, 0.2) is 5.82 Å². The molecule has 1 unspecified atom stereocenters. The third-order valence-electron chi connectivity index (χ3n) is 3.20. The molecule has 0 aliphatic carbocycles. The van der Waals surface area contributed by atoms with E-state index in [4.69, 9.17) is 12.0 Å². The minimum atomic E-state index is -0.387. The van der Waals surface area contributed by atoms with Crippen molar-refractivity contribution in [1.29, 1.82) is 0 Å². The number of rotatable bonds is 5. The second-order valence-electron chi connectivity index (χ2n) is 5.89. The Bertz CT molecular complexity index is 758. The van der Waals surface area contributed by atoms with Crippen molar-refractivity contribution in [2.24, 2.45) is 5.11 Å². The minimum absolute atomic E-state index is 0.303. The van der Waals surface area contributed by atoms with Crippen molar-refractivity contribution in [2.45, 2.75) is 32.4 Å². The monoisotopic (exact) mass is 310 g/mol. The Kier molecular flexibility index (Phi) is 4.96. The first-order valence-electron chi connectivity index (χ1n) is 7.08. The molecule has 0 radical (unpaired) electrons. The van der Waals surface area contributed by atoms with Gasteiger partial charge in [-0.2, -0.15) is 0 Å². The van der Waals surface area contributed by atoms with E-state index >= 15 is 0 Å². The number of benzene rings is 1. The van der Waals surface area contributed by atoms with Crippen LogP contribution in [-0.2, 0) is 5.54 Å². The number of nitrogens with zero attached hydrogens (tertiary/aromatic N) is 7. The number of hydrogen-bond donors (Lipinski definition) is 1. The quantitative estimate of drug-likeness (QED) is 0.396. The Balaban J connectivity index is 2.58. The zero-order valence-electron chi connectivity index (χ0n) is 13.3. The van der Waals surface area contributed by atoms with Gasteiger partial charge in [0.25, 0.3) is 0 Å². The summed E-state index contributed by atoms with van der Waals surface area (Å²) in [4.78, 5) is 2.88. The van der Waals surface area contributed by atoms with Crippen LogP contribution in [0.5, 0.6) is 0 Å². The third kappa shape index (κ3) is 3.66. The highest BCUT2D eigenvalue weighted by Gasteiger charge is 2.27. The summed E-state index contributed by atoms with van der Waals surface area (Å²) < 4.78 is 1.73. The second kappa shape index (κ2) is 6.92. The van der Waals surface area contributed by atoms with Crippen LogP contribution in [0, 0.1) is 12.3 Å². The van der Waals surface area contributed by atoms with Gasteiger partial charge in [-0.1, -0.05) is 35.3 Å². The molecule has 1 atom stereocenters. The number of nitrogens with one attached hydrogen (secondary N) is 1. The van der Waals surface area contributed by atoms with Crippen LogP contribution < -0.4 is 5.32 Å². The minimum Gasteiger partial charge on any atom is -0.293 e. The molecule has 1 heterocycles. The molecule has 2 aromatic rings. The summed E-state index contributed by atoms with van der Waals surface area (Å²) in [5, 5.41) is 19.0. The molecule has 1 aromatic heterocycles. The Labute approximate surface area is 134 Å². The number of azide groups is 1. The lowest BCUT2D eigenvalue weighted by Gasteiger charge is -2.25. The molecule has 0 aliphatic rings. The largest absolute Gasteiger partial charge is 0.293 e. The van der Waals surface area contributed by atoms with Gasteiger partial charge in [-0.3, -0.25) is 5.32 Å². The first-order valence-corrected chi connectivity index (χ1v) is 7.08. The van der Waals surface area contributed by atoms with Crippen LogP contribution in [0.25, 0.3) is 10.4 Å². The van der Waals surface area contributed by atoms with Crippen molar-refractivity contribution >= 4 is 5.69 Å². The van der Waals surface area contributed by atoms with Crippen LogP contribution in [0.3, 0.4) is 0 Å². The molecule has 0 fully saturated rings. The first-order chi connectivity index (χ1) is 11.0. The molecule has 0 bridgehead atoms. The van der Waals surface area contributed by atoms with Gasteiger partial charge < -0.3 is 0 Å². The fraction of sp³-hybridized carbons (Fsp3) is 0.400. The summed E-state index contributed by atoms with van der Waals surface area (Å²) in [5.41, 5.74) is 9.75. The predicted molar refractivity (Wildman–Crippen MR) is 86.7 cm³/mol. The second-order valence-corrected chi connectivity index (χ2v) is 5.89. The van der Waals surface area contributed by atoms with Crippen molar-refractivity contribution in [1.82, 2.24) is 25.5 Å². The summed E-state index contributed by atoms with van der Waals surface area (Å²) in [5.74, 6) is 3.15. The Morgan fingerprint density at radius 2 is 2.17 bits per heavy atom. The molecule has 1 aromatic carbocycles. The Morgan fingerprint density at radius 1 is 1.43 bits per heavy atom. The molecule has 2 rings (SSSR count). The van der Waals surface area contributed by atoms with E-state index in [1.54, 1.807) is 16.8 Å². The maximum absolute atomic E-state index is 8.78. The number of hydrogen-bond acceptors (Lipinski definition) is 5. The van der Waals surface area contributed by atoms with Crippen LogP contribution in [0.1, 0.15) is 38.2 Å². The Hall–Kier alpha value is -2.88. The normalized spacial score (nSPS) is 12.3. The highest BCUT2D eigenvalue weighted by Crippen LogP contribution is 2.30. The Morgan fingerprint density at radius 3 is 2.83 bits per heavy atom. The van der Waals surface area contributed by atoms with E-state index in [-0.39, 0.29) is 11.6 Å². The van der Waals surface area contributed by atoms with Gasteiger partial charge in [-0.15, -0.1) is 11.5 Å². The SMILES string of the molecule is C#CCNC(c1ccccc1N=[N+]=[N-])c1nnnn1C(C)(C)C. The average Bonchev–Trinajstić information content (AvgIpc) is 2.99. The number of tetrazole rings is 1. The molecule has 8 nitrogen and oxygen atoms in total. The van der Waals surface area contributed by atoms with Crippen LogP contribution in [0.15, 0.2) is 29.4 Å². The van der Waals surface area contributed by atoms with E-state index in [2.05, 4.69) is 36.8 Å². The van der Waals surface area contributed by atoms with Gasteiger partial charge in [0.1, 0.15) is 0 Å². The molecule has 8 heteroatoms. The molecule has 0 saturated carbocycles. The van der Waals surface area contributed by atoms with Crippen LogP contribution in [0.2, 0.25) is 0 Å². The topological polar surface area (TPSA) is 104 Å². The summed E-state index contributed by atoms with van der Waals surface area (Å²) in [6, 6.07) is 6.88. The van der Waals surface area contributed by atoms with E-state index in [9.17, 15) is 0 Å². The van der Waals surface area contributed by atoms with Crippen LogP contribution >= 0.6 is 0 Å². The van der Waals surface area contributed by atoms with Crippen molar-refractivity contribution in [3.8, 4) is 12.3 Å². The van der Waals surface area contributed by atoms with E-state index < -0.39 is 0 Å². The van der Waals surface area contributed by atoms with Gasteiger partial charge in [-0.05, 0) is 42.3 Å². The zero-order valence-corrected chi connectivity index (χ0v) is 13.3. The highest BCUT2D eigenvalue weighted by molar-refractivity contribution is 5.49. The van der Waals surface area contributed by atoms with E-state index in [0.29, 0.717) is 18.1 Å². The molecule has 0 amide bonds. The molecule has 23 heavy (non-hydrogen) atoms. The molecule has 0 aliphatic heterocycles. The summed E-state index contributed by atoms with van der Waals surface area (Å²) in [6.45, 7) is 6.34. The van der Waals surface area contributed by atoms with Crippen molar-refractivity contribution in [3.63, 3.8) is 0 Å². The molecular weight excluding hydrogens is 292 g/mol. The number of aromatic nitrogens is 4. The standard InChI is InChI=1S/C15H18N8/c1-5-10-17-13(11-8-6-7-9-12(11)18-20-16)14-19-21-22-23(14)15(2,3)4/h1,6-9,13,17H,10H2,2-4H3. The highest BCUT2D eigenvalue weighted by atomic mass is 15.6. The van der Waals surface area contributed by atoms with Gasteiger partial charge in [0, 0.05) is 10.6 Å². The third-order valence-corrected chi connectivity index (χ3v) is 3.20. The van der Waals surface area contributed by atoms with Crippen molar-refractivity contribution in [3.05, 3.63) is 46.1 Å². The predicted octanol–water partition coefficient (Wildman–Crippen LogP) is 2.68. The molecule has 118 valence electrons. The van der Waals surface area contributed by atoms with Gasteiger partial charge in [0.05, 0.1) is 18.1 Å². The summed E-state index contributed by atoms with van der Waals surface area (Å²) in [6.07, 6.45) is 5.38. The van der Waals surface area contributed by atoms with E-state index in [1.165, 1.54) is 0 Å². The van der Waals surface area contributed by atoms with E-state index in [0.717, 1.165) is 5.56 Å². The fourth-order valence-corrected chi connectivity index (χ4v) is 2.22. The molecule has 0 saturated heterocycles. The maximum Gasteiger partial charge on any atom is 0.173 e. The van der Waals surface area contributed by atoms with E-state index in [1.807, 2.05) is 32.9 Å². The van der Waals surface area contributed by atoms with Crippen molar-refractivity contribution in [2.75, 3.05) is 6.54 Å². The molecular formula is C15H18N8. The molecule has 1 N–H and O–H groups in total. The first kappa shape index (κ1) is 16.5. The lowest BCUT2D eigenvalue weighted by atomic mass is 10.0. The van der Waals surface area contributed by atoms with Crippen molar-refractivity contribution < 1.29 is 0 Å². The zero-order chi connectivity index (χ0) is 16.9. The van der Waals surface area contributed by atoms with Gasteiger partial charge in [-0.25, -0.2) is 4.68 Å². The lowest BCUT2D eigenvalue weighted by Crippen LogP contribution is -2.32. The number of terminal acetylenes is 1. The average molecular weight is 310 g/mol. The van der Waals surface area contributed by atoms with Gasteiger partial charge in [0.2, 0.25) is 0 Å². The molecule has 0 spiro atoms. The van der Waals surface area contributed by atoms with Crippen LogP contribution in [-0.4, -0.2) is 26.8 Å².